The lowest BCUT2D eigenvalue weighted by Crippen LogP contribution is -2.08. The molecule has 0 bridgehead atoms. The lowest BCUT2D eigenvalue weighted by Gasteiger charge is -2.19. The van der Waals surface area contributed by atoms with E-state index in [2.05, 4.69) is 0 Å². The Labute approximate surface area is 124 Å². The zero-order chi connectivity index (χ0) is 15.4. The summed E-state index contributed by atoms with van der Waals surface area (Å²) in [7, 11) is 3.16. The number of carbonyl (C=O) groups is 1. The molecular formula is C17H20O4. The van der Waals surface area contributed by atoms with E-state index in [4.69, 9.17) is 14.6 Å². The Hall–Kier alpha value is -2.07. The van der Waals surface area contributed by atoms with Crippen LogP contribution in [0.4, 0.5) is 0 Å². The van der Waals surface area contributed by atoms with Gasteiger partial charge in [-0.25, -0.2) is 0 Å². The summed E-state index contributed by atoms with van der Waals surface area (Å²) in [5.41, 5.74) is 1.34. The molecule has 0 amide bonds. The number of ketones is 1. The third-order valence-electron chi connectivity index (χ3n) is 3.56. The summed E-state index contributed by atoms with van der Waals surface area (Å²) in [4.78, 5) is 12.1. The zero-order valence-electron chi connectivity index (χ0n) is 12.6. The third kappa shape index (κ3) is 2.72. The minimum absolute atomic E-state index is 0.0651. The van der Waals surface area contributed by atoms with Crippen LogP contribution in [0.1, 0.15) is 29.3 Å². The van der Waals surface area contributed by atoms with Crippen LogP contribution in [0, 0.1) is 0 Å². The highest BCUT2D eigenvalue weighted by Gasteiger charge is 2.22. The van der Waals surface area contributed by atoms with Crippen molar-refractivity contribution in [2.24, 2.45) is 0 Å². The molecule has 0 heterocycles. The molecular weight excluding hydrogens is 268 g/mol. The van der Waals surface area contributed by atoms with E-state index in [9.17, 15) is 4.79 Å². The summed E-state index contributed by atoms with van der Waals surface area (Å²) < 4.78 is 11.1. The molecule has 0 saturated carbocycles. The van der Waals surface area contributed by atoms with Gasteiger partial charge in [-0.15, -0.1) is 0 Å². The minimum Gasteiger partial charge on any atom is -0.496 e. The molecule has 0 unspecified atom stereocenters. The topological polar surface area (TPSA) is 55.8 Å². The normalized spacial score (nSPS) is 10.7. The quantitative estimate of drug-likeness (QED) is 0.830. The molecule has 0 fully saturated rings. The zero-order valence-corrected chi connectivity index (χ0v) is 12.6. The van der Waals surface area contributed by atoms with Crippen molar-refractivity contribution in [2.45, 2.75) is 19.8 Å². The van der Waals surface area contributed by atoms with E-state index >= 15 is 0 Å². The van der Waals surface area contributed by atoms with Gasteiger partial charge in [0, 0.05) is 22.9 Å². The van der Waals surface area contributed by atoms with E-state index in [1.807, 2.05) is 24.3 Å². The first-order valence-electron chi connectivity index (χ1n) is 6.93. The average Bonchev–Trinajstić information content (AvgIpc) is 2.50. The van der Waals surface area contributed by atoms with E-state index in [0.29, 0.717) is 29.9 Å². The Balaban J connectivity index is 2.87. The van der Waals surface area contributed by atoms with Gasteiger partial charge in [0.05, 0.1) is 19.8 Å². The van der Waals surface area contributed by atoms with Crippen molar-refractivity contribution < 1.29 is 19.4 Å². The predicted octanol–water partition coefficient (Wildman–Crippen LogP) is 2.98. The number of carbonyl (C=O) groups excluding carboxylic acids is 1. The van der Waals surface area contributed by atoms with Crippen LogP contribution >= 0.6 is 0 Å². The van der Waals surface area contributed by atoms with E-state index in [1.54, 1.807) is 14.2 Å². The van der Waals surface area contributed by atoms with Crippen LogP contribution < -0.4 is 9.47 Å². The van der Waals surface area contributed by atoms with Gasteiger partial charge in [0.2, 0.25) is 0 Å². The first-order valence-corrected chi connectivity index (χ1v) is 6.93. The van der Waals surface area contributed by atoms with Crippen LogP contribution in [0.2, 0.25) is 0 Å². The predicted molar refractivity (Wildman–Crippen MR) is 82.5 cm³/mol. The number of Topliss-reactive ketones (excluding diaryl/α,β-unsaturated/α-hetero) is 1. The molecule has 0 radical (unpaired) electrons. The van der Waals surface area contributed by atoms with Gasteiger partial charge in [0.1, 0.15) is 11.5 Å². The second kappa shape index (κ2) is 6.59. The number of aliphatic hydroxyl groups is 1. The highest BCUT2D eigenvalue weighted by Crippen LogP contribution is 2.41. The Morgan fingerprint density at radius 3 is 2.14 bits per heavy atom. The Morgan fingerprint density at radius 2 is 1.67 bits per heavy atom. The van der Waals surface area contributed by atoms with Crippen molar-refractivity contribution >= 4 is 16.6 Å². The number of benzene rings is 2. The molecule has 0 aliphatic heterocycles. The molecule has 2 rings (SSSR count). The largest absolute Gasteiger partial charge is 0.496 e. The van der Waals surface area contributed by atoms with Crippen molar-refractivity contribution in [1.82, 2.24) is 0 Å². The molecule has 112 valence electrons. The summed E-state index contributed by atoms with van der Waals surface area (Å²) >= 11 is 0. The summed E-state index contributed by atoms with van der Waals surface area (Å²) in [6.45, 7) is 1.59. The molecule has 4 heteroatoms. The molecule has 2 aromatic carbocycles. The van der Waals surface area contributed by atoms with Gasteiger partial charge in [0.15, 0.2) is 5.78 Å². The summed E-state index contributed by atoms with van der Waals surface area (Å²) in [5, 5.41) is 10.9. The van der Waals surface area contributed by atoms with E-state index in [0.717, 1.165) is 16.3 Å². The highest BCUT2D eigenvalue weighted by molar-refractivity contribution is 6.08. The number of hydrogen-bond acceptors (Lipinski definition) is 4. The van der Waals surface area contributed by atoms with E-state index in [-0.39, 0.29) is 12.4 Å². The fourth-order valence-electron chi connectivity index (χ4n) is 2.74. The maximum absolute atomic E-state index is 12.1. The molecule has 1 N–H and O–H groups in total. The van der Waals surface area contributed by atoms with Gasteiger partial charge in [0.25, 0.3) is 0 Å². The van der Waals surface area contributed by atoms with Gasteiger partial charge >= 0.3 is 0 Å². The summed E-state index contributed by atoms with van der Waals surface area (Å²) in [6.07, 6.45) is 1.13. The molecule has 0 saturated heterocycles. The minimum atomic E-state index is -0.0659. The molecule has 0 aliphatic carbocycles. The maximum Gasteiger partial charge on any atom is 0.163 e. The summed E-state index contributed by atoms with van der Waals surface area (Å²) in [5.74, 6) is 1.20. The van der Waals surface area contributed by atoms with Crippen molar-refractivity contribution in [3.05, 3.63) is 35.4 Å². The lowest BCUT2D eigenvalue weighted by atomic mass is 9.93. The number of ether oxygens (including phenoxy) is 2. The van der Waals surface area contributed by atoms with Gasteiger partial charge in [-0.05, 0) is 19.8 Å². The first-order chi connectivity index (χ1) is 10.2. The van der Waals surface area contributed by atoms with Crippen LogP contribution in [0.15, 0.2) is 24.3 Å². The Bertz CT molecular complexity index is 661. The second-order valence-electron chi connectivity index (χ2n) is 4.85. The molecule has 21 heavy (non-hydrogen) atoms. The first kappa shape index (κ1) is 15.3. The van der Waals surface area contributed by atoms with Gasteiger partial charge in [-0.3, -0.25) is 4.79 Å². The Morgan fingerprint density at radius 1 is 1.10 bits per heavy atom. The molecule has 0 aromatic heterocycles. The molecule has 0 spiro atoms. The number of fused-ring (bicyclic) bond motifs is 1. The summed E-state index contributed by atoms with van der Waals surface area (Å²) in [6, 6.07) is 7.69. The van der Waals surface area contributed by atoms with Crippen LogP contribution in [0.3, 0.4) is 0 Å². The Kier molecular flexibility index (Phi) is 4.81. The fourth-order valence-corrected chi connectivity index (χ4v) is 2.74. The van der Waals surface area contributed by atoms with Crippen LogP contribution in [-0.4, -0.2) is 31.7 Å². The number of hydrogen-bond donors (Lipinski definition) is 1. The SMILES string of the molecule is COc1c(CCCO)c(C(C)=O)c(OC)c2ccccc12. The number of aliphatic hydroxyl groups excluding tert-OH is 1. The van der Waals surface area contributed by atoms with E-state index in [1.165, 1.54) is 6.92 Å². The molecule has 0 atom stereocenters. The second-order valence-corrected chi connectivity index (χ2v) is 4.85. The average molecular weight is 288 g/mol. The maximum atomic E-state index is 12.1. The third-order valence-corrected chi connectivity index (χ3v) is 3.56. The van der Waals surface area contributed by atoms with Crippen LogP contribution in [0.25, 0.3) is 10.8 Å². The highest BCUT2D eigenvalue weighted by atomic mass is 16.5. The van der Waals surface area contributed by atoms with Crippen molar-refractivity contribution in [3.63, 3.8) is 0 Å². The smallest absolute Gasteiger partial charge is 0.163 e. The van der Waals surface area contributed by atoms with Crippen LogP contribution in [0.5, 0.6) is 11.5 Å². The van der Waals surface area contributed by atoms with Gasteiger partial charge in [-0.2, -0.15) is 0 Å². The van der Waals surface area contributed by atoms with Crippen molar-refractivity contribution in [1.29, 1.82) is 0 Å². The van der Waals surface area contributed by atoms with Crippen molar-refractivity contribution in [2.75, 3.05) is 20.8 Å². The van der Waals surface area contributed by atoms with E-state index < -0.39 is 0 Å². The fraction of sp³-hybridized carbons (Fsp3) is 0.353. The number of rotatable bonds is 6. The standard InChI is InChI=1S/C17H20O4/c1-11(19)15-14(9-6-10-18)16(20-2)12-7-4-5-8-13(12)17(15)21-3/h4-5,7-8,18H,6,9-10H2,1-3H3. The van der Waals surface area contributed by atoms with Crippen molar-refractivity contribution in [3.8, 4) is 11.5 Å². The monoisotopic (exact) mass is 288 g/mol. The van der Waals surface area contributed by atoms with Crippen LogP contribution in [-0.2, 0) is 6.42 Å². The van der Waals surface area contributed by atoms with Gasteiger partial charge < -0.3 is 14.6 Å². The van der Waals surface area contributed by atoms with Gasteiger partial charge in [-0.1, -0.05) is 24.3 Å². The molecule has 2 aromatic rings. The molecule has 4 nitrogen and oxygen atoms in total. The lowest BCUT2D eigenvalue weighted by molar-refractivity contribution is 0.101. The number of methoxy groups -OCH3 is 2. The molecule has 0 aliphatic rings.